The van der Waals surface area contributed by atoms with E-state index >= 15 is 0 Å². The van der Waals surface area contributed by atoms with Gasteiger partial charge in [0.2, 0.25) is 11.8 Å². The lowest BCUT2D eigenvalue weighted by Crippen LogP contribution is -2.38. The highest BCUT2D eigenvalue weighted by Gasteiger charge is 2.33. The van der Waals surface area contributed by atoms with Crippen molar-refractivity contribution in [2.24, 2.45) is 22.4 Å². The minimum absolute atomic E-state index is 0. The van der Waals surface area contributed by atoms with Gasteiger partial charge in [-0.15, -0.1) is 12.4 Å². The number of methoxy groups -OCH3 is 1. The van der Waals surface area contributed by atoms with Gasteiger partial charge in [0.15, 0.2) is 5.96 Å². The normalized spacial score (nSPS) is 16.8. The topological polar surface area (TPSA) is 178 Å². The molecule has 0 unspecified atom stereocenters. The summed E-state index contributed by atoms with van der Waals surface area (Å²) in [4.78, 5) is 51.6. The van der Waals surface area contributed by atoms with Crippen molar-refractivity contribution in [3.63, 3.8) is 0 Å². The highest BCUT2D eigenvalue weighted by molar-refractivity contribution is 5.97. The predicted octanol–water partition coefficient (Wildman–Crippen LogP) is -0.102. The summed E-state index contributed by atoms with van der Waals surface area (Å²) >= 11 is 0. The van der Waals surface area contributed by atoms with E-state index in [1.54, 1.807) is 24.3 Å². The molecular weight excluding hydrogens is 440 g/mol. The lowest BCUT2D eigenvalue weighted by Gasteiger charge is -2.12. The monoisotopic (exact) mass is 468 g/mol. The predicted molar refractivity (Wildman–Crippen MR) is 121 cm³/mol. The average Bonchev–Trinajstić information content (AvgIpc) is 3.08. The van der Waals surface area contributed by atoms with Crippen molar-refractivity contribution in [2.75, 3.05) is 25.5 Å². The average molecular weight is 469 g/mol. The number of nitrogens with zero attached hydrogens (tertiary/aromatic N) is 1. The van der Waals surface area contributed by atoms with Crippen LogP contribution in [0.2, 0.25) is 0 Å². The zero-order valence-corrected chi connectivity index (χ0v) is 18.6. The van der Waals surface area contributed by atoms with E-state index in [1.165, 1.54) is 7.11 Å². The zero-order chi connectivity index (χ0) is 22.8. The van der Waals surface area contributed by atoms with Gasteiger partial charge in [0, 0.05) is 36.8 Å². The van der Waals surface area contributed by atoms with Crippen LogP contribution in [-0.2, 0) is 19.1 Å². The van der Waals surface area contributed by atoms with Crippen LogP contribution in [0.5, 0.6) is 0 Å². The van der Waals surface area contributed by atoms with Gasteiger partial charge in [-0.2, -0.15) is 0 Å². The van der Waals surface area contributed by atoms with E-state index < -0.39 is 11.9 Å². The summed E-state index contributed by atoms with van der Waals surface area (Å²) < 4.78 is 4.59. The number of ether oxygens (including phenoxy) is 1. The molecule has 32 heavy (non-hydrogen) atoms. The highest BCUT2D eigenvalue weighted by Crippen LogP contribution is 2.19. The third-order valence-electron chi connectivity index (χ3n) is 4.70. The van der Waals surface area contributed by atoms with Crippen LogP contribution in [0.3, 0.4) is 0 Å². The summed E-state index contributed by atoms with van der Waals surface area (Å²) in [5.41, 5.74) is 11.3. The smallest absolute Gasteiger partial charge is 0.306 e. The number of nitrogens with two attached hydrogens (primary N) is 2. The number of carbonyl (C=O) groups is 4. The van der Waals surface area contributed by atoms with Gasteiger partial charge in [0.05, 0.1) is 19.4 Å². The fourth-order valence-electron chi connectivity index (χ4n) is 3.15. The number of amides is 3. The molecule has 1 saturated heterocycles. The molecule has 2 atom stereocenters. The summed E-state index contributed by atoms with van der Waals surface area (Å²) in [6, 6.07) is 6.26. The molecule has 0 aromatic heterocycles. The molecule has 1 heterocycles. The molecule has 0 radical (unpaired) electrons. The quantitative estimate of drug-likeness (QED) is 0.138. The first-order valence-corrected chi connectivity index (χ1v) is 9.89. The molecule has 1 aromatic carbocycles. The van der Waals surface area contributed by atoms with Crippen molar-refractivity contribution in [3.8, 4) is 0 Å². The van der Waals surface area contributed by atoms with E-state index in [2.05, 4.69) is 25.7 Å². The second-order valence-electron chi connectivity index (χ2n) is 7.17. The van der Waals surface area contributed by atoms with Crippen LogP contribution in [-0.4, -0.2) is 55.9 Å². The Balaban J connectivity index is 0.00000512. The van der Waals surface area contributed by atoms with Crippen LogP contribution in [0.15, 0.2) is 29.3 Å². The van der Waals surface area contributed by atoms with Crippen molar-refractivity contribution in [1.29, 1.82) is 0 Å². The first-order valence-electron chi connectivity index (χ1n) is 9.89. The number of hydrogen-bond acceptors (Lipinski definition) is 6. The summed E-state index contributed by atoms with van der Waals surface area (Å²) in [6.07, 6.45) is 1.18. The fraction of sp³-hybridized carbons (Fsp3) is 0.450. The minimum atomic E-state index is -0.458. The van der Waals surface area contributed by atoms with Gasteiger partial charge in [-0.25, -0.2) is 0 Å². The molecule has 1 aliphatic rings. The second kappa shape index (κ2) is 13.2. The van der Waals surface area contributed by atoms with Gasteiger partial charge in [0.25, 0.3) is 5.91 Å². The van der Waals surface area contributed by atoms with Crippen LogP contribution < -0.4 is 27.4 Å². The molecule has 3 amide bonds. The number of rotatable bonds is 10. The Morgan fingerprint density at radius 1 is 1.28 bits per heavy atom. The van der Waals surface area contributed by atoms with Gasteiger partial charge in [-0.05, 0) is 31.0 Å². The van der Waals surface area contributed by atoms with Crippen molar-refractivity contribution in [1.82, 2.24) is 10.6 Å². The van der Waals surface area contributed by atoms with Crippen molar-refractivity contribution in [2.45, 2.75) is 31.7 Å². The Kier molecular flexibility index (Phi) is 11.0. The largest absolute Gasteiger partial charge is 0.469 e. The molecular formula is C20H29ClN6O5. The van der Waals surface area contributed by atoms with Crippen LogP contribution >= 0.6 is 12.4 Å². The number of aliphatic imine (C=N–C) groups is 1. The van der Waals surface area contributed by atoms with Crippen molar-refractivity contribution < 1.29 is 23.9 Å². The molecule has 0 saturated carbocycles. The summed E-state index contributed by atoms with van der Waals surface area (Å²) in [5.74, 6) is -1.70. The molecule has 11 nitrogen and oxygen atoms in total. The maximum atomic E-state index is 12.5. The van der Waals surface area contributed by atoms with E-state index in [9.17, 15) is 19.2 Å². The van der Waals surface area contributed by atoms with Crippen LogP contribution in [0.25, 0.3) is 0 Å². The molecule has 0 spiro atoms. The van der Waals surface area contributed by atoms with Crippen LogP contribution in [0.4, 0.5) is 5.69 Å². The molecule has 2 rings (SSSR count). The number of guanidine groups is 1. The number of halogens is 1. The number of nitrogens with one attached hydrogen (secondary N) is 3. The van der Waals surface area contributed by atoms with E-state index in [1.807, 2.05) is 0 Å². The molecule has 1 aromatic rings. The highest BCUT2D eigenvalue weighted by atomic mass is 35.5. The molecule has 1 aliphatic heterocycles. The molecule has 1 fully saturated rings. The Hall–Kier alpha value is -3.34. The number of hydrogen-bond donors (Lipinski definition) is 5. The Morgan fingerprint density at radius 2 is 2.03 bits per heavy atom. The Morgan fingerprint density at radius 3 is 2.72 bits per heavy atom. The van der Waals surface area contributed by atoms with E-state index in [0.29, 0.717) is 30.6 Å². The van der Waals surface area contributed by atoms with E-state index in [-0.39, 0.29) is 61.5 Å². The SMILES string of the molecule is COC(=O)C[C@@H]1C[C@@H](CNC(=O)c2cccc(NC(=O)CCCN=C(N)N)c2)NC1=O.Cl. The van der Waals surface area contributed by atoms with Gasteiger partial charge >= 0.3 is 5.97 Å². The van der Waals surface area contributed by atoms with Gasteiger partial charge < -0.3 is 32.2 Å². The summed E-state index contributed by atoms with van der Waals surface area (Å²) in [6.45, 7) is 0.583. The third-order valence-corrected chi connectivity index (χ3v) is 4.70. The van der Waals surface area contributed by atoms with Gasteiger partial charge in [-0.1, -0.05) is 6.07 Å². The zero-order valence-electron chi connectivity index (χ0n) is 17.8. The van der Waals surface area contributed by atoms with Gasteiger partial charge in [-0.3, -0.25) is 24.2 Å². The third kappa shape index (κ3) is 8.80. The molecule has 12 heteroatoms. The first-order chi connectivity index (χ1) is 14.8. The number of carbonyl (C=O) groups excluding carboxylic acids is 4. The lowest BCUT2D eigenvalue weighted by molar-refractivity contribution is -0.143. The maximum absolute atomic E-state index is 12.5. The summed E-state index contributed by atoms with van der Waals surface area (Å²) in [7, 11) is 1.27. The maximum Gasteiger partial charge on any atom is 0.306 e. The Labute approximate surface area is 192 Å². The van der Waals surface area contributed by atoms with Crippen molar-refractivity contribution >= 4 is 47.7 Å². The second-order valence-corrected chi connectivity index (χ2v) is 7.17. The standard InChI is InChI=1S/C20H28N6O5.ClH/c1-31-17(28)10-13-9-15(26-19(13)30)11-24-18(29)12-4-2-5-14(8-12)25-16(27)6-3-7-23-20(21)22;/h2,4-5,8,13,15H,3,6-7,9-11H2,1H3,(H,24,29)(H,25,27)(H,26,30)(H4,21,22,23);1H/t13-,15-;/m0./s1. The minimum Gasteiger partial charge on any atom is -0.469 e. The molecule has 0 aliphatic carbocycles. The summed E-state index contributed by atoms with van der Waals surface area (Å²) in [5, 5.41) is 8.25. The molecule has 0 bridgehead atoms. The number of anilines is 1. The Bertz CT molecular complexity index is 859. The molecule has 7 N–H and O–H groups in total. The van der Waals surface area contributed by atoms with Gasteiger partial charge in [0.1, 0.15) is 0 Å². The lowest BCUT2D eigenvalue weighted by atomic mass is 10.0. The number of esters is 1. The van der Waals surface area contributed by atoms with E-state index in [4.69, 9.17) is 11.5 Å². The van der Waals surface area contributed by atoms with Crippen LogP contribution in [0.1, 0.15) is 36.0 Å². The van der Waals surface area contributed by atoms with E-state index in [0.717, 1.165) is 0 Å². The van der Waals surface area contributed by atoms with Crippen molar-refractivity contribution in [3.05, 3.63) is 29.8 Å². The number of benzene rings is 1. The fourth-order valence-corrected chi connectivity index (χ4v) is 3.15. The molecule has 176 valence electrons. The first kappa shape index (κ1) is 26.7. The van der Waals surface area contributed by atoms with Crippen LogP contribution in [0, 0.1) is 5.92 Å².